The fourth-order valence-electron chi connectivity index (χ4n) is 1.49. The number of carboxylic acids is 1. The maximum atomic E-state index is 10.9. The molecule has 2 aromatic rings. The zero-order chi connectivity index (χ0) is 15.4. The Kier molecular flexibility index (Phi) is 3.93. The number of methoxy groups -OCH3 is 1. The molecule has 0 amide bonds. The summed E-state index contributed by atoms with van der Waals surface area (Å²) in [6.07, 6.45) is 0. The van der Waals surface area contributed by atoms with Gasteiger partial charge >= 0.3 is 11.7 Å². The Bertz CT molecular complexity index is 686. The van der Waals surface area contributed by atoms with Gasteiger partial charge in [-0.3, -0.25) is 10.1 Å². The molecule has 1 aromatic heterocycles. The molecule has 0 radical (unpaired) electrons. The average Bonchev–Trinajstić information content (AvgIpc) is 2.47. The van der Waals surface area contributed by atoms with Crippen LogP contribution >= 0.6 is 0 Å². The van der Waals surface area contributed by atoms with Crippen LogP contribution in [0.3, 0.4) is 0 Å². The zero-order valence-corrected chi connectivity index (χ0v) is 10.7. The normalized spacial score (nSPS) is 9.95. The summed E-state index contributed by atoms with van der Waals surface area (Å²) in [5, 5.41) is 26.6. The van der Waals surface area contributed by atoms with Crippen molar-refractivity contribution in [3.05, 3.63) is 46.1 Å². The highest BCUT2D eigenvalue weighted by Crippen LogP contribution is 2.32. The van der Waals surface area contributed by atoms with Crippen molar-refractivity contribution in [1.82, 2.24) is 10.2 Å². The maximum absolute atomic E-state index is 10.9. The second-order valence-electron chi connectivity index (χ2n) is 3.75. The lowest BCUT2D eigenvalue weighted by molar-refractivity contribution is -0.385. The first-order valence-corrected chi connectivity index (χ1v) is 5.58. The molecule has 1 heterocycles. The van der Waals surface area contributed by atoms with Crippen molar-refractivity contribution in [2.75, 3.05) is 7.11 Å². The molecule has 0 bridgehead atoms. The molecule has 108 valence electrons. The highest BCUT2D eigenvalue weighted by Gasteiger charge is 2.16. The number of ether oxygens (including phenoxy) is 2. The quantitative estimate of drug-likeness (QED) is 0.653. The Morgan fingerprint density at radius 2 is 2.05 bits per heavy atom. The number of aromatic carboxylic acids is 1. The van der Waals surface area contributed by atoms with Crippen molar-refractivity contribution >= 4 is 11.7 Å². The van der Waals surface area contributed by atoms with Gasteiger partial charge in [-0.05, 0) is 18.2 Å². The number of benzene rings is 1. The third-order valence-corrected chi connectivity index (χ3v) is 2.43. The highest BCUT2D eigenvalue weighted by atomic mass is 16.6. The molecule has 0 fully saturated rings. The number of carbonyl (C=O) groups is 1. The molecular formula is C12H9N3O6. The monoisotopic (exact) mass is 291 g/mol. The maximum Gasteiger partial charge on any atom is 0.356 e. The molecular weight excluding hydrogens is 282 g/mol. The fraction of sp³-hybridized carbons (Fsp3) is 0.0833. The summed E-state index contributed by atoms with van der Waals surface area (Å²) in [7, 11) is 1.32. The molecule has 0 aliphatic rings. The average molecular weight is 291 g/mol. The molecule has 0 atom stereocenters. The Hall–Kier alpha value is -3.23. The summed E-state index contributed by atoms with van der Waals surface area (Å²) in [6.45, 7) is 0. The predicted molar refractivity (Wildman–Crippen MR) is 68.7 cm³/mol. The van der Waals surface area contributed by atoms with Gasteiger partial charge < -0.3 is 14.6 Å². The van der Waals surface area contributed by atoms with E-state index in [0.717, 1.165) is 0 Å². The number of hydrogen-bond acceptors (Lipinski definition) is 7. The lowest BCUT2D eigenvalue weighted by Gasteiger charge is -2.06. The van der Waals surface area contributed by atoms with E-state index in [0.29, 0.717) is 0 Å². The van der Waals surface area contributed by atoms with E-state index in [1.165, 1.54) is 37.4 Å². The van der Waals surface area contributed by atoms with E-state index in [2.05, 4.69) is 10.2 Å². The fourth-order valence-corrected chi connectivity index (χ4v) is 1.49. The first kappa shape index (κ1) is 14.2. The number of nitrogens with zero attached hydrogens (tertiary/aromatic N) is 3. The number of hydrogen-bond donors (Lipinski definition) is 1. The third kappa shape index (κ3) is 3.21. The van der Waals surface area contributed by atoms with Crippen molar-refractivity contribution in [1.29, 1.82) is 0 Å². The van der Waals surface area contributed by atoms with Crippen LogP contribution in [0.15, 0.2) is 30.3 Å². The first-order chi connectivity index (χ1) is 10.0. The summed E-state index contributed by atoms with van der Waals surface area (Å²) < 4.78 is 10.1. The van der Waals surface area contributed by atoms with Crippen LogP contribution in [-0.2, 0) is 0 Å². The van der Waals surface area contributed by atoms with Crippen molar-refractivity contribution in [3.8, 4) is 17.4 Å². The van der Waals surface area contributed by atoms with Gasteiger partial charge in [-0.1, -0.05) is 0 Å². The van der Waals surface area contributed by atoms with Crippen LogP contribution in [0.2, 0.25) is 0 Å². The number of nitro benzene ring substituents is 1. The summed E-state index contributed by atoms with van der Waals surface area (Å²) in [6, 6.07) is 6.52. The standard InChI is InChI=1S/C12H9N3O6/c1-20-10-4-2-7(6-9(10)15(18)19)21-11-5-3-8(12(16)17)13-14-11/h2-6H,1H3,(H,16,17). The van der Waals surface area contributed by atoms with Gasteiger partial charge in [0.15, 0.2) is 11.4 Å². The largest absolute Gasteiger partial charge is 0.490 e. The minimum absolute atomic E-state index is 0.0134. The summed E-state index contributed by atoms with van der Waals surface area (Å²) in [5.41, 5.74) is -0.492. The molecule has 0 aliphatic carbocycles. The molecule has 0 spiro atoms. The minimum Gasteiger partial charge on any atom is -0.490 e. The van der Waals surface area contributed by atoms with E-state index < -0.39 is 10.9 Å². The third-order valence-electron chi connectivity index (χ3n) is 2.43. The molecule has 21 heavy (non-hydrogen) atoms. The number of nitro groups is 1. The minimum atomic E-state index is -1.21. The SMILES string of the molecule is COc1ccc(Oc2ccc(C(=O)O)nn2)cc1[N+](=O)[O-]. The molecule has 0 saturated carbocycles. The Morgan fingerprint density at radius 1 is 1.29 bits per heavy atom. The van der Waals surface area contributed by atoms with Gasteiger partial charge in [0, 0.05) is 6.07 Å². The lowest BCUT2D eigenvalue weighted by atomic mass is 10.3. The summed E-state index contributed by atoms with van der Waals surface area (Å²) in [4.78, 5) is 20.9. The molecule has 9 nitrogen and oxygen atoms in total. The smallest absolute Gasteiger partial charge is 0.356 e. The van der Waals surface area contributed by atoms with Gasteiger partial charge in [-0.2, -0.15) is 0 Å². The van der Waals surface area contributed by atoms with Crippen LogP contribution in [0.5, 0.6) is 17.4 Å². The van der Waals surface area contributed by atoms with E-state index in [9.17, 15) is 14.9 Å². The van der Waals surface area contributed by atoms with E-state index in [-0.39, 0.29) is 28.8 Å². The first-order valence-electron chi connectivity index (χ1n) is 5.58. The Morgan fingerprint density at radius 3 is 2.57 bits per heavy atom. The molecule has 0 saturated heterocycles. The van der Waals surface area contributed by atoms with Crippen LogP contribution in [-0.4, -0.2) is 33.3 Å². The molecule has 2 rings (SSSR count). The van der Waals surface area contributed by atoms with E-state index in [1.807, 2.05) is 0 Å². The number of aromatic nitrogens is 2. The number of carboxylic acid groups (broad SMARTS) is 1. The number of rotatable bonds is 5. The second-order valence-corrected chi connectivity index (χ2v) is 3.75. The van der Waals surface area contributed by atoms with Gasteiger partial charge in [-0.25, -0.2) is 4.79 Å². The lowest BCUT2D eigenvalue weighted by Crippen LogP contribution is -2.02. The molecule has 0 unspecified atom stereocenters. The Labute approximate surface area is 117 Å². The van der Waals surface area contributed by atoms with Crippen molar-refractivity contribution in [2.45, 2.75) is 0 Å². The molecule has 1 N–H and O–H groups in total. The van der Waals surface area contributed by atoms with Gasteiger partial charge in [0.1, 0.15) is 5.75 Å². The molecule has 1 aromatic carbocycles. The Balaban J connectivity index is 2.25. The van der Waals surface area contributed by atoms with E-state index in [1.54, 1.807) is 0 Å². The van der Waals surface area contributed by atoms with Gasteiger partial charge in [-0.15, -0.1) is 10.2 Å². The van der Waals surface area contributed by atoms with Gasteiger partial charge in [0.25, 0.3) is 0 Å². The van der Waals surface area contributed by atoms with Crippen LogP contribution in [0, 0.1) is 10.1 Å². The van der Waals surface area contributed by atoms with E-state index in [4.69, 9.17) is 14.6 Å². The topological polar surface area (TPSA) is 125 Å². The molecule has 9 heteroatoms. The van der Waals surface area contributed by atoms with Gasteiger partial charge in [0.2, 0.25) is 5.88 Å². The van der Waals surface area contributed by atoms with Crippen LogP contribution in [0.25, 0.3) is 0 Å². The second kappa shape index (κ2) is 5.82. The van der Waals surface area contributed by atoms with Crippen LogP contribution in [0.4, 0.5) is 5.69 Å². The summed E-state index contributed by atoms with van der Waals surface area (Å²) in [5.74, 6) is -0.951. The van der Waals surface area contributed by atoms with Crippen LogP contribution in [0.1, 0.15) is 10.5 Å². The predicted octanol–water partition coefficient (Wildman–Crippen LogP) is 1.88. The van der Waals surface area contributed by atoms with E-state index >= 15 is 0 Å². The summed E-state index contributed by atoms with van der Waals surface area (Å²) >= 11 is 0. The van der Waals surface area contributed by atoms with Crippen molar-refractivity contribution in [3.63, 3.8) is 0 Å². The van der Waals surface area contributed by atoms with Crippen molar-refractivity contribution < 1.29 is 24.3 Å². The zero-order valence-electron chi connectivity index (χ0n) is 10.7. The molecule has 0 aliphatic heterocycles. The van der Waals surface area contributed by atoms with Crippen LogP contribution < -0.4 is 9.47 Å². The highest BCUT2D eigenvalue weighted by molar-refractivity contribution is 5.84. The van der Waals surface area contributed by atoms with Crippen molar-refractivity contribution in [2.24, 2.45) is 0 Å². The van der Waals surface area contributed by atoms with Gasteiger partial charge in [0.05, 0.1) is 18.1 Å².